The smallest absolute Gasteiger partial charge is 0.244 e. The van der Waals surface area contributed by atoms with E-state index in [1.165, 1.54) is 18.5 Å². The van der Waals surface area contributed by atoms with E-state index in [4.69, 9.17) is 0 Å². The van der Waals surface area contributed by atoms with E-state index < -0.39 is 0 Å². The molecular formula is C15H13N3O2. The Morgan fingerprint density at radius 1 is 1.05 bits per heavy atom. The SMILES string of the molecule is O=C(C=Cc1ccccc1)NCC(=O)c1ncccn1. The minimum absolute atomic E-state index is 0.0971. The zero-order valence-electron chi connectivity index (χ0n) is 10.7. The van der Waals surface area contributed by atoms with Gasteiger partial charge >= 0.3 is 0 Å². The predicted octanol–water partition coefficient (Wildman–Crippen LogP) is 1.49. The van der Waals surface area contributed by atoms with Gasteiger partial charge in [-0.1, -0.05) is 30.3 Å². The van der Waals surface area contributed by atoms with Crippen LogP contribution in [0.3, 0.4) is 0 Å². The number of aromatic nitrogens is 2. The van der Waals surface area contributed by atoms with Crippen molar-refractivity contribution in [2.45, 2.75) is 0 Å². The number of hydrogen-bond donors (Lipinski definition) is 1. The number of benzene rings is 1. The van der Waals surface area contributed by atoms with Crippen molar-refractivity contribution in [1.29, 1.82) is 0 Å². The lowest BCUT2D eigenvalue weighted by Gasteiger charge is -2.00. The van der Waals surface area contributed by atoms with Crippen molar-refractivity contribution in [1.82, 2.24) is 15.3 Å². The van der Waals surface area contributed by atoms with Gasteiger partial charge in [-0.15, -0.1) is 0 Å². The van der Waals surface area contributed by atoms with Crippen molar-refractivity contribution >= 4 is 17.8 Å². The van der Waals surface area contributed by atoms with Crippen LogP contribution in [0.25, 0.3) is 6.08 Å². The molecule has 100 valence electrons. The Morgan fingerprint density at radius 3 is 2.45 bits per heavy atom. The molecule has 5 heteroatoms. The number of nitrogens with zero attached hydrogens (tertiary/aromatic N) is 2. The van der Waals surface area contributed by atoms with Crippen LogP contribution in [0.1, 0.15) is 16.2 Å². The fourth-order valence-electron chi connectivity index (χ4n) is 1.48. The quantitative estimate of drug-likeness (QED) is 0.658. The van der Waals surface area contributed by atoms with E-state index in [1.807, 2.05) is 30.3 Å². The van der Waals surface area contributed by atoms with Crippen LogP contribution in [0.5, 0.6) is 0 Å². The minimum atomic E-state index is -0.335. The number of nitrogens with one attached hydrogen (secondary N) is 1. The summed E-state index contributed by atoms with van der Waals surface area (Å²) in [5.41, 5.74) is 0.917. The number of carbonyl (C=O) groups excluding carboxylic acids is 2. The zero-order valence-corrected chi connectivity index (χ0v) is 10.7. The molecule has 0 aliphatic heterocycles. The highest BCUT2D eigenvalue weighted by Gasteiger charge is 2.08. The average Bonchev–Trinajstić information content (AvgIpc) is 2.52. The first-order chi connectivity index (χ1) is 9.75. The van der Waals surface area contributed by atoms with Gasteiger partial charge in [-0.05, 0) is 17.7 Å². The first-order valence-electron chi connectivity index (χ1n) is 6.07. The highest BCUT2D eigenvalue weighted by atomic mass is 16.2. The third-order valence-electron chi connectivity index (χ3n) is 2.47. The highest BCUT2D eigenvalue weighted by molar-refractivity contribution is 5.99. The molecule has 1 heterocycles. The molecule has 0 saturated heterocycles. The predicted molar refractivity (Wildman–Crippen MR) is 74.8 cm³/mol. The molecule has 0 unspecified atom stereocenters. The second-order valence-corrected chi connectivity index (χ2v) is 3.96. The second-order valence-electron chi connectivity index (χ2n) is 3.96. The van der Waals surface area contributed by atoms with E-state index in [0.717, 1.165) is 5.56 Å². The van der Waals surface area contributed by atoms with Gasteiger partial charge in [0, 0.05) is 18.5 Å². The minimum Gasteiger partial charge on any atom is -0.345 e. The molecule has 20 heavy (non-hydrogen) atoms. The Labute approximate surface area is 116 Å². The summed E-state index contributed by atoms with van der Waals surface area (Å²) in [6.07, 6.45) is 6.03. The average molecular weight is 267 g/mol. The number of ketones is 1. The number of rotatable bonds is 5. The van der Waals surface area contributed by atoms with Gasteiger partial charge in [0.25, 0.3) is 0 Å². The molecule has 0 radical (unpaired) electrons. The number of amides is 1. The summed E-state index contributed by atoms with van der Waals surface area (Å²) in [6, 6.07) is 11.1. The van der Waals surface area contributed by atoms with Gasteiger partial charge in [0.2, 0.25) is 11.7 Å². The maximum Gasteiger partial charge on any atom is 0.244 e. The molecule has 1 amide bonds. The third kappa shape index (κ3) is 4.13. The van der Waals surface area contributed by atoms with Gasteiger partial charge in [-0.25, -0.2) is 9.97 Å². The van der Waals surface area contributed by atoms with Crippen molar-refractivity contribution in [2.75, 3.05) is 6.54 Å². The van der Waals surface area contributed by atoms with Gasteiger partial charge in [-0.3, -0.25) is 9.59 Å². The molecule has 0 saturated carbocycles. The zero-order chi connectivity index (χ0) is 14.2. The number of hydrogen-bond acceptors (Lipinski definition) is 4. The first kappa shape index (κ1) is 13.6. The van der Waals surface area contributed by atoms with Crippen LogP contribution in [0.4, 0.5) is 0 Å². The topological polar surface area (TPSA) is 72.0 Å². The maximum absolute atomic E-state index is 11.7. The molecule has 1 aromatic carbocycles. The van der Waals surface area contributed by atoms with E-state index in [9.17, 15) is 9.59 Å². The van der Waals surface area contributed by atoms with Gasteiger partial charge < -0.3 is 5.32 Å². The van der Waals surface area contributed by atoms with Crippen molar-refractivity contribution in [3.05, 3.63) is 66.3 Å². The number of Topliss-reactive ketones (excluding diaryl/α,β-unsaturated/α-hetero) is 1. The van der Waals surface area contributed by atoms with Gasteiger partial charge in [0.05, 0.1) is 6.54 Å². The Hall–Kier alpha value is -2.82. The Morgan fingerprint density at radius 2 is 1.75 bits per heavy atom. The third-order valence-corrected chi connectivity index (χ3v) is 2.47. The summed E-state index contributed by atoms with van der Waals surface area (Å²) in [5.74, 6) is -0.565. The lowest BCUT2D eigenvalue weighted by molar-refractivity contribution is -0.116. The van der Waals surface area contributed by atoms with Crippen molar-refractivity contribution in [3.8, 4) is 0 Å². The van der Waals surface area contributed by atoms with E-state index in [1.54, 1.807) is 12.1 Å². The van der Waals surface area contributed by atoms with Crippen molar-refractivity contribution in [2.24, 2.45) is 0 Å². The summed E-state index contributed by atoms with van der Waals surface area (Å²) >= 11 is 0. The molecule has 1 N–H and O–H groups in total. The summed E-state index contributed by atoms with van der Waals surface area (Å²) in [7, 11) is 0. The van der Waals surface area contributed by atoms with Crippen LogP contribution in [0, 0.1) is 0 Å². The van der Waals surface area contributed by atoms with E-state index in [-0.39, 0.29) is 24.1 Å². The monoisotopic (exact) mass is 267 g/mol. The molecule has 0 atom stereocenters. The molecule has 5 nitrogen and oxygen atoms in total. The van der Waals surface area contributed by atoms with Crippen molar-refractivity contribution in [3.63, 3.8) is 0 Å². The van der Waals surface area contributed by atoms with Crippen LogP contribution < -0.4 is 5.32 Å². The van der Waals surface area contributed by atoms with Crippen LogP contribution >= 0.6 is 0 Å². The van der Waals surface area contributed by atoms with Gasteiger partial charge in [0.1, 0.15) is 0 Å². The standard InChI is InChI=1S/C15H13N3O2/c19-13(15-16-9-4-10-17-15)11-18-14(20)8-7-12-5-2-1-3-6-12/h1-10H,11H2,(H,18,20). The van der Waals surface area contributed by atoms with Crippen LogP contribution in [0.2, 0.25) is 0 Å². The Balaban J connectivity index is 1.84. The largest absolute Gasteiger partial charge is 0.345 e. The molecule has 0 aliphatic rings. The van der Waals surface area contributed by atoms with Gasteiger partial charge in [-0.2, -0.15) is 0 Å². The Bertz CT molecular complexity index is 610. The lowest BCUT2D eigenvalue weighted by Crippen LogP contribution is -2.28. The molecular weight excluding hydrogens is 254 g/mol. The first-order valence-corrected chi connectivity index (χ1v) is 6.07. The van der Waals surface area contributed by atoms with E-state index >= 15 is 0 Å². The van der Waals surface area contributed by atoms with Crippen LogP contribution in [0.15, 0.2) is 54.9 Å². The van der Waals surface area contributed by atoms with E-state index in [0.29, 0.717) is 0 Å². The Kier molecular flexibility index (Phi) is 4.72. The molecule has 1 aromatic heterocycles. The van der Waals surface area contributed by atoms with Gasteiger partial charge in [0.15, 0.2) is 5.82 Å². The van der Waals surface area contributed by atoms with Crippen LogP contribution in [-0.2, 0) is 4.79 Å². The normalized spacial score (nSPS) is 10.4. The molecule has 0 spiro atoms. The summed E-state index contributed by atoms with van der Waals surface area (Å²) in [6.45, 7) is -0.123. The lowest BCUT2D eigenvalue weighted by atomic mass is 10.2. The highest BCUT2D eigenvalue weighted by Crippen LogP contribution is 2.00. The van der Waals surface area contributed by atoms with Crippen LogP contribution in [-0.4, -0.2) is 28.2 Å². The molecule has 2 rings (SSSR count). The number of carbonyl (C=O) groups is 2. The fourth-order valence-corrected chi connectivity index (χ4v) is 1.48. The molecule has 0 bridgehead atoms. The second kappa shape index (κ2) is 6.94. The van der Waals surface area contributed by atoms with Crippen molar-refractivity contribution < 1.29 is 9.59 Å². The molecule has 0 fully saturated rings. The summed E-state index contributed by atoms with van der Waals surface area (Å²) in [5, 5.41) is 2.50. The van der Waals surface area contributed by atoms with E-state index in [2.05, 4.69) is 15.3 Å². The maximum atomic E-state index is 11.7. The fraction of sp³-hybridized carbons (Fsp3) is 0.0667. The molecule has 2 aromatic rings. The summed E-state index contributed by atoms with van der Waals surface area (Å²) < 4.78 is 0. The molecule has 0 aliphatic carbocycles. The summed E-state index contributed by atoms with van der Waals surface area (Å²) in [4.78, 5) is 30.9.